The molecule has 1 N–H and O–H groups in total. The second-order valence-electron chi connectivity index (χ2n) is 5.97. The summed E-state index contributed by atoms with van der Waals surface area (Å²) in [5, 5.41) is 4.98. The second kappa shape index (κ2) is 8.16. The minimum absolute atomic E-state index is 0.0777. The van der Waals surface area contributed by atoms with Crippen LogP contribution in [0.2, 0.25) is 0 Å². The number of nitrogens with one attached hydrogen (secondary N) is 1. The van der Waals surface area contributed by atoms with Gasteiger partial charge in [-0.25, -0.2) is 0 Å². The lowest BCUT2D eigenvalue weighted by Crippen LogP contribution is -2.46. The third kappa shape index (κ3) is 4.39. The van der Waals surface area contributed by atoms with Crippen molar-refractivity contribution in [2.24, 2.45) is 0 Å². The van der Waals surface area contributed by atoms with Gasteiger partial charge in [0.25, 0.3) is 11.8 Å². The molecule has 0 spiro atoms. The van der Waals surface area contributed by atoms with Crippen LogP contribution in [0.1, 0.15) is 39.8 Å². The van der Waals surface area contributed by atoms with Crippen LogP contribution in [-0.4, -0.2) is 42.5 Å². The molecule has 1 fully saturated rings. The largest absolute Gasteiger partial charge is 0.494 e. The van der Waals surface area contributed by atoms with Gasteiger partial charge in [0.15, 0.2) is 0 Å². The van der Waals surface area contributed by atoms with Gasteiger partial charge >= 0.3 is 0 Å². The summed E-state index contributed by atoms with van der Waals surface area (Å²) >= 11 is 1.47. The SMILES string of the molecule is CCOc1ccc(C(=O)NC2CCN(C(=O)c3cccs3)CC2)cc1. The van der Waals surface area contributed by atoms with E-state index in [2.05, 4.69) is 5.32 Å². The second-order valence-corrected chi connectivity index (χ2v) is 6.92. The number of likely N-dealkylation sites (tertiary alicyclic amines) is 1. The Morgan fingerprint density at radius 3 is 2.52 bits per heavy atom. The van der Waals surface area contributed by atoms with E-state index in [1.54, 1.807) is 24.3 Å². The van der Waals surface area contributed by atoms with Gasteiger partial charge in [-0.3, -0.25) is 9.59 Å². The van der Waals surface area contributed by atoms with E-state index in [1.807, 2.05) is 29.3 Å². The van der Waals surface area contributed by atoms with Crippen LogP contribution in [0, 0.1) is 0 Å². The number of carbonyl (C=O) groups is 2. The molecule has 0 bridgehead atoms. The lowest BCUT2D eigenvalue weighted by Gasteiger charge is -2.32. The van der Waals surface area contributed by atoms with Crippen molar-refractivity contribution >= 4 is 23.2 Å². The van der Waals surface area contributed by atoms with Crippen molar-refractivity contribution in [1.29, 1.82) is 0 Å². The molecule has 2 amide bonds. The molecular formula is C19H22N2O3S. The van der Waals surface area contributed by atoms with Gasteiger partial charge < -0.3 is 15.0 Å². The van der Waals surface area contributed by atoms with Gasteiger partial charge in [-0.05, 0) is 55.5 Å². The van der Waals surface area contributed by atoms with Gasteiger partial charge in [-0.15, -0.1) is 11.3 Å². The van der Waals surface area contributed by atoms with Crippen LogP contribution in [0.15, 0.2) is 41.8 Å². The Morgan fingerprint density at radius 2 is 1.92 bits per heavy atom. The molecule has 6 heteroatoms. The molecule has 3 rings (SSSR count). The van der Waals surface area contributed by atoms with E-state index in [1.165, 1.54) is 11.3 Å². The smallest absolute Gasteiger partial charge is 0.263 e. The predicted octanol–water partition coefficient (Wildman–Crippen LogP) is 3.18. The summed E-state index contributed by atoms with van der Waals surface area (Å²) in [6, 6.07) is 11.0. The van der Waals surface area contributed by atoms with Gasteiger partial charge in [-0.2, -0.15) is 0 Å². The van der Waals surface area contributed by atoms with Gasteiger partial charge in [0.05, 0.1) is 11.5 Å². The van der Waals surface area contributed by atoms with Crippen LogP contribution in [0.25, 0.3) is 0 Å². The Kier molecular flexibility index (Phi) is 5.71. The Bertz CT molecular complexity index is 705. The Balaban J connectivity index is 1.50. The molecule has 1 aliphatic heterocycles. The maximum absolute atomic E-state index is 12.4. The van der Waals surface area contributed by atoms with E-state index in [0.29, 0.717) is 25.3 Å². The Hall–Kier alpha value is -2.34. The average molecular weight is 358 g/mol. The van der Waals surface area contributed by atoms with E-state index in [4.69, 9.17) is 4.74 Å². The molecule has 1 aromatic carbocycles. The molecule has 0 atom stereocenters. The molecule has 0 unspecified atom stereocenters. The van der Waals surface area contributed by atoms with Crippen molar-refractivity contribution in [2.75, 3.05) is 19.7 Å². The van der Waals surface area contributed by atoms with Crippen LogP contribution in [0.3, 0.4) is 0 Å². The molecule has 1 aliphatic rings. The molecule has 132 valence electrons. The summed E-state index contributed by atoms with van der Waals surface area (Å²) in [4.78, 5) is 27.3. The number of carbonyl (C=O) groups excluding carboxylic acids is 2. The maximum Gasteiger partial charge on any atom is 0.263 e. The number of rotatable bonds is 5. The zero-order chi connectivity index (χ0) is 17.6. The highest BCUT2D eigenvalue weighted by Crippen LogP contribution is 2.18. The third-order valence-corrected chi connectivity index (χ3v) is 5.13. The predicted molar refractivity (Wildman–Crippen MR) is 98.3 cm³/mol. The van der Waals surface area contributed by atoms with Crippen molar-refractivity contribution in [2.45, 2.75) is 25.8 Å². The molecule has 2 aromatic rings. The number of amides is 2. The molecule has 0 aliphatic carbocycles. The van der Waals surface area contributed by atoms with E-state index in [0.717, 1.165) is 23.5 Å². The van der Waals surface area contributed by atoms with E-state index in [9.17, 15) is 9.59 Å². The summed E-state index contributed by atoms with van der Waals surface area (Å²) in [7, 11) is 0. The summed E-state index contributed by atoms with van der Waals surface area (Å²) in [6.45, 7) is 3.88. The number of piperidine rings is 1. The van der Waals surface area contributed by atoms with E-state index < -0.39 is 0 Å². The summed E-state index contributed by atoms with van der Waals surface area (Å²) < 4.78 is 5.39. The number of hydrogen-bond acceptors (Lipinski definition) is 4. The maximum atomic E-state index is 12.4. The van der Waals surface area contributed by atoms with Gasteiger partial charge in [0.1, 0.15) is 5.75 Å². The van der Waals surface area contributed by atoms with Crippen molar-refractivity contribution in [3.05, 3.63) is 52.2 Å². The first-order valence-electron chi connectivity index (χ1n) is 8.54. The van der Waals surface area contributed by atoms with Crippen LogP contribution < -0.4 is 10.1 Å². The fourth-order valence-corrected chi connectivity index (χ4v) is 3.61. The third-order valence-electron chi connectivity index (χ3n) is 4.28. The number of ether oxygens (including phenoxy) is 1. The number of nitrogens with zero attached hydrogens (tertiary/aromatic N) is 1. The summed E-state index contributed by atoms with van der Waals surface area (Å²) in [5.41, 5.74) is 0.626. The molecular weight excluding hydrogens is 336 g/mol. The minimum atomic E-state index is -0.0777. The van der Waals surface area contributed by atoms with Crippen LogP contribution in [0.5, 0.6) is 5.75 Å². The van der Waals surface area contributed by atoms with Gasteiger partial charge in [-0.1, -0.05) is 6.07 Å². The normalized spacial score (nSPS) is 15.0. The molecule has 2 heterocycles. The molecule has 0 radical (unpaired) electrons. The zero-order valence-electron chi connectivity index (χ0n) is 14.2. The van der Waals surface area contributed by atoms with E-state index >= 15 is 0 Å². The molecule has 5 nitrogen and oxygen atoms in total. The molecule has 1 saturated heterocycles. The molecule has 1 aromatic heterocycles. The quantitative estimate of drug-likeness (QED) is 0.893. The van der Waals surface area contributed by atoms with Crippen molar-refractivity contribution in [3.8, 4) is 5.75 Å². The first-order chi connectivity index (χ1) is 12.2. The Labute approximate surface area is 151 Å². The summed E-state index contributed by atoms with van der Waals surface area (Å²) in [5.74, 6) is 0.775. The first kappa shape index (κ1) is 17.5. The van der Waals surface area contributed by atoms with Crippen LogP contribution >= 0.6 is 11.3 Å². The average Bonchev–Trinajstić information content (AvgIpc) is 3.17. The number of benzene rings is 1. The first-order valence-corrected chi connectivity index (χ1v) is 9.42. The minimum Gasteiger partial charge on any atom is -0.494 e. The monoisotopic (exact) mass is 358 g/mol. The summed E-state index contributed by atoms with van der Waals surface area (Å²) in [6.07, 6.45) is 1.56. The van der Waals surface area contributed by atoms with Crippen LogP contribution in [0.4, 0.5) is 0 Å². The zero-order valence-corrected chi connectivity index (χ0v) is 15.1. The lowest BCUT2D eigenvalue weighted by atomic mass is 10.0. The number of hydrogen-bond donors (Lipinski definition) is 1. The van der Waals surface area contributed by atoms with Crippen molar-refractivity contribution in [3.63, 3.8) is 0 Å². The fraction of sp³-hybridized carbons (Fsp3) is 0.368. The highest BCUT2D eigenvalue weighted by atomic mass is 32.1. The highest BCUT2D eigenvalue weighted by molar-refractivity contribution is 7.12. The lowest BCUT2D eigenvalue weighted by molar-refractivity contribution is 0.0703. The molecule has 0 saturated carbocycles. The number of thiophene rings is 1. The van der Waals surface area contributed by atoms with Crippen molar-refractivity contribution in [1.82, 2.24) is 10.2 Å². The topological polar surface area (TPSA) is 58.6 Å². The van der Waals surface area contributed by atoms with Crippen molar-refractivity contribution < 1.29 is 14.3 Å². The van der Waals surface area contributed by atoms with Gasteiger partial charge in [0, 0.05) is 24.7 Å². The Morgan fingerprint density at radius 1 is 1.20 bits per heavy atom. The molecule has 25 heavy (non-hydrogen) atoms. The van der Waals surface area contributed by atoms with E-state index in [-0.39, 0.29) is 17.9 Å². The van der Waals surface area contributed by atoms with Crippen LogP contribution in [-0.2, 0) is 0 Å². The highest BCUT2D eigenvalue weighted by Gasteiger charge is 2.25. The standard InChI is InChI=1S/C19H22N2O3S/c1-2-24-16-7-5-14(6-8-16)18(22)20-15-9-11-21(12-10-15)19(23)17-4-3-13-25-17/h3-8,13,15H,2,9-12H2,1H3,(H,20,22). The van der Waals surface area contributed by atoms with Gasteiger partial charge in [0.2, 0.25) is 0 Å². The fourth-order valence-electron chi connectivity index (χ4n) is 2.92.